The van der Waals surface area contributed by atoms with Crippen LogP contribution in [0.3, 0.4) is 0 Å². The first-order chi connectivity index (χ1) is 9.09. The number of hydrogen-bond acceptors (Lipinski definition) is 4. The van der Waals surface area contributed by atoms with Gasteiger partial charge in [0, 0.05) is 6.07 Å². The van der Waals surface area contributed by atoms with Gasteiger partial charge in [0.1, 0.15) is 11.0 Å². The van der Waals surface area contributed by atoms with E-state index in [9.17, 15) is 14.9 Å². The van der Waals surface area contributed by atoms with Gasteiger partial charge in [-0.2, -0.15) is 0 Å². The summed E-state index contributed by atoms with van der Waals surface area (Å²) in [5, 5.41) is 11.3. The van der Waals surface area contributed by atoms with Crippen LogP contribution in [-0.2, 0) is 0 Å². The second kappa shape index (κ2) is 4.17. The Balaban J connectivity index is 2.63. The van der Waals surface area contributed by atoms with Crippen molar-refractivity contribution in [1.29, 1.82) is 0 Å². The molecule has 0 bridgehead atoms. The Morgan fingerprint density at radius 2 is 1.89 bits per heavy atom. The zero-order valence-electron chi connectivity index (χ0n) is 9.42. The van der Waals surface area contributed by atoms with E-state index in [4.69, 9.17) is 4.42 Å². The number of para-hydroxylation sites is 1. The fourth-order valence-electron chi connectivity index (χ4n) is 2.02. The summed E-state index contributed by atoms with van der Waals surface area (Å²) in [5.41, 5.74) is -0.0444. The van der Waals surface area contributed by atoms with Gasteiger partial charge in [0.05, 0.1) is 14.8 Å². The maximum Gasteiger partial charge on any atom is 0.284 e. The van der Waals surface area contributed by atoms with Crippen LogP contribution in [0, 0.1) is 10.1 Å². The summed E-state index contributed by atoms with van der Waals surface area (Å²) in [7, 11) is 0. The summed E-state index contributed by atoms with van der Waals surface area (Å²) in [5.74, 6) is 0. The van der Waals surface area contributed by atoms with E-state index >= 15 is 0 Å². The molecule has 0 spiro atoms. The van der Waals surface area contributed by atoms with Crippen molar-refractivity contribution in [3.8, 4) is 0 Å². The van der Waals surface area contributed by atoms with Gasteiger partial charge in [0.2, 0.25) is 5.43 Å². The van der Waals surface area contributed by atoms with Crippen molar-refractivity contribution in [2.75, 3.05) is 0 Å². The molecule has 1 heterocycles. The number of rotatable bonds is 1. The van der Waals surface area contributed by atoms with E-state index in [1.807, 2.05) is 0 Å². The zero-order valence-corrected chi connectivity index (χ0v) is 11.0. The van der Waals surface area contributed by atoms with E-state index in [1.165, 1.54) is 12.1 Å². The topological polar surface area (TPSA) is 73.3 Å². The molecule has 3 aromatic rings. The van der Waals surface area contributed by atoms with Crippen LogP contribution in [0.25, 0.3) is 21.9 Å². The molecule has 5 nitrogen and oxygen atoms in total. The molecule has 0 saturated heterocycles. The lowest BCUT2D eigenvalue weighted by Gasteiger charge is -2.03. The van der Waals surface area contributed by atoms with Crippen molar-refractivity contribution in [3.05, 3.63) is 61.2 Å². The van der Waals surface area contributed by atoms with Gasteiger partial charge < -0.3 is 4.42 Å². The molecule has 0 aliphatic rings. The standard InChI is InChI=1S/C13H6BrNO4/c14-8-4-1-3-7-12(16)11-9(15(17)18)5-2-6-10(11)19-13(7)8/h1-6H. The maximum atomic E-state index is 12.4. The third kappa shape index (κ3) is 1.72. The highest BCUT2D eigenvalue weighted by Gasteiger charge is 2.18. The first-order valence-electron chi connectivity index (χ1n) is 5.38. The molecule has 0 aliphatic carbocycles. The van der Waals surface area contributed by atoms with Crippen LogP contribution in [0.2, 0.25) is 0 Å². The third-order valence-corrected chi connectivity index (χ3v) is 3.48. The molecular formula is C13H6BrNO4. The second-order valence-corrected chi connectivity index (χ2v) is 4.81. The van der Waals surface area contributed by atoms with E-state index < -0.39 is 10.4 Å². The normalized spacial score (nSPS) is 11.0. The van der Waals surface area contributed by atoms with Gasteiger partial charge >= 0.3 is 0 Å². The summed E-state index contributed by atoms with van der Waals surface area (Å²) in [6, 6.07) is 9.35. The molecule has 2 aromatic carbocycles. The lowest BCUT2D eigenvalue weighted by molar-refractivity contribution is -0.383. The minimum Gasteiger partial charge on any atom is -0.454 e. The van der Waals surface area contributed by atoms with Crippen molar-refractivity contribution in [3.63, 3.8) is 0 Å². The highest BCUT2D eigenvalue weighted by molar-refractivity contribution is 9.10. The molecule has 94 valence electrons. The Labute approximate surface area is 114 Å². The number of halogens is 1. The Morgan fingerprint density at radius 1 is 1.16 bits per heavy atom. The van der Waals surface area contributed by atoms with E-state index in [-0.39, 0.29) is 16.7 Å². The fourth-order valence-corrected chi connectivity index (χ4v) is 2.47. The first-order valence-corrected chi connectivity index (χ1v) is 6.17. The Hall–Kier alpha value is -2.21. The monoisotopic (exact) mass is 319 g/mol. The van der Waals surface area contributed by atoms with Gasteiger partial charge in [-0.3, -0.25) is 14.9 Å². The number of nitrogens with zero attached hydrogens (tertiary/aromatic N) is 1. The molecule has 0 fully saturated rings. The Kier molecular flexibility index (Phi) is 2.60. The number of fused-ring (bicyclic) bond motifs is 2. The van der Waals surface area contributed by atoms with Gasteiger partial charge in [-0.05, 0) is 34.1 Å². The Bertz CT molecular complexity index is 885. The van der Waals surface area contributed by atoms with Crippen LogP contribution in [0.4, 0.5) is 5.69 Å². The highest BCUT2D eigenvalue weighted by atomic mass is 79.9. The molecular weight excluding hydrogens is 314 g/mol. The molecule has 0 N–H and O–H groups in total. The average molecular weight is 320 g/mol. The third-order valence-electron chi connectivity index (χ3n) is 2.85. The molecule has 19 heavy (non-hydrogen) atoms. The molecule has 3 rings (SSSR count). The molecule has 1 aromatic heterocycles. The van der Waals surface area contributed by atoms with Crippen LogP contribution < -0.4 is 5.43 Å². The Morgan fingerprint density at radius 3 is 2.63 bits per heavy atom. The van der Waals surface area contributed by atoms with Crippen LogP contribution in [0.15, 0.2) is 50.1 Å². The predicted molar refractivity (Wildman–Crippen MR) is 74.3 cm³/mol. The lowest BCUT2D eigenvalue weighted by atomic mass is 10.1. The molecule has 0 atom stereocenters. The summed E-state index contributed by atoms with van der Waals surface area (Å²) in [4.78, 5) is 22.8. The summed E-state index contributed by atoms with van der Waals surface area (Å²) >= 11 is 3.30. The summed E-state index contributed by atoms with van der Waals surface area (Å²) < 4.78 is 6.23. The van der Waals surface area contributed by atoms with E-state index in [1.54, 1.807) is 24.3 Å². The minimum absolute atomic E-state index is 0.00176. The fraction of sp³-hybridized carbons (Fsp3) is 0. The molecule has 0 aliphatic heterocycles. The molecule has 0 unspecified atom stereocenters. The van der Waals surface area contributed by atoms with Crippen molar-refractivity contribution in [2.24, 2.45) is 0 Å². The van der Waals surface area contributed by atoms with Crippen LogP contribution in [-0.4, -0.2) is 4.92 Å². The van der Waals surface area contributed by atoms with Crippen molar-refractivity contribution in [1.82, 2.24) is 0 Å². The van der Waals surface area contributed by atoms with Gasteiger partial charge in [-0.25, -0.2) is 0 Å². The number of non-ortho nitro benzene ring substituents is 1. The van der Waals surface area contributed by atoms with Gasteiger partial charge in [-0.15, -0.1) is 0 Å². The van der Waals surface area contributed by atoms with Crippen LogP contribution >= 0.6 is 15.9 Å². The number of nitro groups is 1. The second-order valence-electron chi connectivity index (χ2n) is 3.96. The van der Waals surface area contributed by atoms with Crippen molar-refractivity contribution >= 4 is 43.6 Å². The van der Waals surface area contributed by atoms with Crippen LogP contribution in [0.5, 0.6) is 0 Å². The van der Waals surface area contributed by atoms with Crippen molar-refractivity contribution < 1.29 is 9.34 Å². The van der Waals surface area contributed by atoms with Crippen LogP contribution in [0.1, 0.15) is 0 Å². The quantitative estimate of drug-likeness (QED) is 0.390. The SMILES string of the molecule is O=c1c2cccc(Br)c2oc2cccc([N+](=O)[O-])c12. The lowest BCUT2D eigenvalue weighted by Crippen LogP contribution is -2.05. The zero-order chi connectivity index (χ0) is 13.6. The maximum absolute atomic E-state index is 12.4. The summed E-state index contributed by atoms with van der Waals surface area (Å²) in [6.45, 7) is 0. The minimum atomic E-state index is -0.580. The van der Waals surface area contributed by atoms with Gasteiger partial charge in [-0.1, -0.05) is 12.1 Å². The average Bonchev–Trinajstić information content (AvgIpc) is 2.39. The highest BCUT2D eigenvalue weighted by Crippen LogP contribution is 2.29. The molecule has 0 radical (unpaired) electrons. The molecule has 0 saturated carbocycles. The van der Waals surface area contributed by atoms with Gasteiger partial charge in [0.25, 0.3) is 5.69 Å². The van der Waals surface area contributed by atoms with Crippen molar-refractivity contribution in [2.45, 2.75) is 0 Å². The number of hydrogen-bond donors (Lipinski definition) is 0. The van der Waals surface area contributed by atoms with E-state index in [2.05, 4.69) is 15.9 Å². The van der Waals surface area contributed by atoms with Gasteiger partial charge in [0.15, 0.2) is 5.58 Å². The predicted octanol–water partition coefficient (Wildman–Crippen LogP) is 3.62. The smallest absolute Gasteiger partial charge is 0.284 e. The number of nitro benzene ring substituents is 1. The molecule has 0 amide bonds. The van der Waals surface area contributed by atoms with E-state index in [0.29, 0.717) is 15.4 Å². The van der Waals surface area contributed by atoms with E-state index in [0.717, 1.165) is 0 Å². The largest absolute Gasteiger partial charge is 0.454 e. The first kappa shape index (κ1) is 11.9. The number of benzene rings is 2. The molecule has 6 heteroatoms. The summed E-state index contributed by atoms with van der Waals surface area (Å²) in [6.07, 6.45) is 0.